The summed E-state index contributed by atoms with van der Waals surface area (Å²) in [5.41, 5.74) is 0. The van der Waals surface area contributed by atoms with Crippen molar-refractivity contribution in [2.45, 2.75) is 19.3 Å². The van der Waals surface area contributed by atoms with Gasteiger partial charge < -0.3 is 0 Å². The number of thiol groups is 1. The van der Waals surface area contributed by atoms with E-state index in [1.54, 1.807) is 0 Å². The summed E-state index contributed by atoms with van der Waals surface area (Å²) >= 11 is 3.69. The van der Waals surface area contributed by atoms with Crippen LogP contribution < -0.4 is 0 Å². The van der Waals surface area contributed by atoms with E-state index < -0.39 is 0 Å². The van der Waals surface area contributed by atoms with Gasteiger partial charge in [-0.2, -0.15) is 0 Å². The van der Waals surface area contributed by atoms with Crippen LogP contribution in [0.25, 0.3) is 0 Å². The highest BCUT2D eigenvalue weighted by Crippen LogP contribution is 2.27. The van der Waals surface area contributed by atoms with Crippen LogP contribution in [-0.4, -0.2) is 5.12 Å². The van der Waals surface area contributed by atoms with Crippen LogP contribution in [0.15, 0.2) is 0 Å². The zero-order valence-electron chi connectivity index (χ0n) is 6.29. The van der Waals surface area contributed by atoms with Crippen LogP contribution in [0.1, 0.15) is 19.3 Å². The fourth-order valence-corrected chi connectivity index (χ4v) is 1.18. The average Bonchev–Trinajstić information content (AvgIpc) is 2.39. The molecule has 1 aliphatic carbocycles. The molecule has 0 N–H and O–H groups in total. The maximum Gasteiger partial charge on any atom is 0.185 e. The molecule has 1 saturated carbocycles. The second-order valence-electron chi connectivity index (χ2n) is 2.54. The van der Waals surface area contributed by atoms with E-state index in [2.05, 4.69) is 25.5 Å². The van der Waals surface area contributed by atoms with E-state index >= 15 is 0 Å². The fourth-order valence-electron chi connectivity index (χ4n) is 1.02. The lowest BCUT2D eigenvalue weighted by molar-refractivity contribution is -0.110. The Labute approximate surface area is 74.0 Å². The molecular weight excluding hydrogens is 156 g/mol. The van der Waals surface area contributed by atoms with E-state index in [0.717, 1.165) is 12.8 Å². The number of carbonyl (C=O) groups excluding carboxylic acids is 1. The van der Waals surface area contributed by atoms with Crippen molar-refractivity contribution in [3.63, 3.8) is 0 Å². The third-order valence-corrected chi connectivity index (χ3v) is 1.81. The summed E-state index contributed by atoms with van der Waals surface area (Å²) in [5.74, 6) is 1.31. The molecular formula is C9H11OS. The highest BCUT2D eigenvalue weighted by Gasteiger charge is 2.15. The lowest BCUT2D eigenvalue weighted by atomic mass is 10.0. The van der Waals surface area contributed by atoms with E-state index in [1.165, 1.54) is 5.92 Å². The lowest BCUT2D eigenvalue weighted by Crippen LogP contribution is -1.93. The molecule has 0 heterocycles. The first-order chi connectivity index (χ1) is 5.29. The predicted molar refractivity (Wildman–Crippen MR) is 48.3 cm³/mol. The summed E-state index contributed by atoms with van der Waals surface area (Å²) in [4.78, 5) is 10.4. The van der Waals surface area contributed by atoms with Gasteiger partial charge in [0.1, 0.15) is 0 Å². The Balaban J connectivity index is 1.98. The van der Waals surface area contributed by atoms with Crippen LogP contribution in [-0.2, 0) is 4.79 Å². The number of carbonyl (C=O) groups is 1. The standard InChI is InChI=1S/C9H11OS/c10-9(11)7-3-6-8-4-1-2-5-8/h1-2,4-5H,3,6-7H2,(H,10,11). The van der Waals surface area contributed by atoms with Crippen molar-refractivity contribution >= 4 is 17.7 Å². The van der Waals surface area contributed by atoms with E-state index in [-0.39, 0.29) is 5.12 Å². The van der Waals surface area contributed by atoms with Crippen molar-refractivity contribution in [2.75, 3.05) is 0 Å². The van der Waals surface area contributed by atoms with E-state index in [0.29, 0.717) is 6.42 Å². The Morgan fingerprint density at radius 2 is 2.00 bits per heavy atom. The van der Waals surface area contributed by atoms with Crippen LogP contribution in [0.4, 0.5) is 0 Å². The second-order valence-corrected chi connectivity index (χ2v) is 3.04. The summed E-state index contributed by atoms with van der Waals surface area (Å²) < 4.78 is 0. The topological polar surface area (TPSA) is 17.1 Å². The van der Waals surface area contributed by atoms with Crippen LogP contribution >= 0.6 is 12.6 Å². The van der Waals surface area contributed by atoms with Crippen molar-refractivity contribution in [1.82, 2.24) is 0 Å². The summed E-state index contributed by atoms with van der Waals surface area (Å²) in [6, 6.07) is 0. The van der Waals surface area contributed by atoms with E-state index in [1.807, 2.05) is 12.8 Å². The molecule has 1 fully saturated rings. The maximum atomic E-state index is 10.4. The predicted octanol–water partition coefficient (Wildman–Crippen LogP) is 2.02. The Morgan fingerprint density at radius 3 is 2.55 bits per heavy atom. The third kappa shape index (κ3) is 3.80. The van der Waals surface area contributed by atoms with Gasteiger partial charge in [-0.25, -0.2) is 0 Å². The SMILES string of the molecule is O=C(S)CCC[C]1[CH][CH][CH][CH]1. The van der Waals surface area contributed by atoms with Gasteiger partial charge in [-0.05, 0) is 44.4 Å². The molecule has 0 atom stereocenters. The molecule has 1 rings (SSSR count). The molecule has 0 spiro atoms. The van der Waals surface area contributed by atoms with Crippen molar-refractivity contribution in [3.05, 3.63) is 31.6 Å². The van der Waals surface area contributed by atoms with Crippen LogP contribution in [0.2, 0.25) is 0 Å². The summed E-state index contributed by atoms with van der Waals surface area (Å²) in [7, 11) is 0. The molecule has 0 aromatic carbocycles. The van der Waals surface area contributed by atoms with Crippen LogP contribution in [0, 0.1) is 31.6 Å². The van der Waals surface area contributed by atoms with Gasteiger partial charge in [0.05, 0.1) is 0 Å². The molecule has 0 unspecified atom stereocenters. The van der Waals surface area contributed by atoms with Gasteiger partial charge >= 0.3 is 0 Å². The van der Waals surface area contributed by atoms with Crippen molar-refractivity contribution in [1.29, 1.82) is 0 Å². The first kappa shape index (κ1) is 9.11. The van der Waals surface area contributed by atoms with E-state index in [4.69, 9.17) is 0 Å². The molecule has 1 aliphatic rings. The fraction of sp³-hybridized carbons (Fsp3) is 0.333. The number of hydrogen-bond acceptors (Lipinski definition) is 1. The largest absolute Gasteiger partial charge is 0.288 e. The number of hydrogen-bond donors (Lipinski definition) is 1. The Morgan fingerprint density at radius 1 is 1.36 bits per heavy atom. The van der Waals surface area contributed by atoms with Crippen molar-refractivity contribution in [3.8, 4) is 0 Å². The van der Waals surface area contributed by atoms with Crippen LogP contribution in [0.3, 0.4) is 0 Å². The van der Waals surface area contributed by atoms with Gasteiger partial charge in [0.2, 0.25) is 0 Å². The third-order valence-electron chi connectivity index (χ3n) is 1.59. The molecule has 0 bridgehead atoms. The van der Waals surface area contributed by atoms with Crippen molar-refractivity contribution < 1.29 is 4.79 Å². The van der Waals surface area contributed by atoms with Gasteiger partial charge in [0.25, 0.3) is 0 Å². The molecule has 0 amide bonds. The zero-order valence-corrected chi connectivity index (χ0v) is 7.18. The summed E-state index contributed by atoms with van der Waals surface area (Å²) in [6.07, 6.45) is 10.6. The highest BCUT2D eigenvalue weighted by atomic mass is 32.1. The van der Waals surface area contributed by atoms with Gasteiger partial charge in [-0.1, -0.05) is 0 Å². The molecule has 0 saturated heterocycles. The average molecular weight is 167 g/mol. The molecule has 59 valence electrons. The Hall–Kier alpha value is 0.0200. The quantitative estimate of drug-likeness (QED) is 0.634. The monoisotopic (exact) mass is 167 g/mol. The lowest BCUT2D eigenvalue weighted by Gasteiger charge is -2.04. The van der Waals surface area contributed by atoms with Crippen molar-refractivity contribution in [2.24, 2.45) is 0 Å². The molecule has 5 radical (unpaired) electrons. The normalized spacial score (nSPS) is 19.0. The highest BCUT2D eigenvalue weighted by molar-refractivity contribution is 7.96. The molecule has 1 nitrogen and oxygen atoms in total. The minimum Gasteiger partial charge on any atom is -0.288 e. The minimum absolute atomic E-state index is 0.0171. The summed E-state index contributed by atoms with van der Waals surface area (Å²) in [5, 5.41) is -0.0171. The molecule has 0 aliphatic heterocycles. The first-order valence-corrected chi connectivity index (χ1v) is 4.16. The van der Waals surface area contributed by atoms with Gasteiger partial charge in [-0.3, -0.25) is 4.79 Å². The van der Waals surface area contributed by atoms with Gasteiger partial charge in [0, 0.05) is 6.42 Å². The molecule has 0 aromatic heterocycles. The number of rotatable bonds is 4. The summed E-state index contributed by atoms with van der Waals surface area (Å²) in [6.45, 7) is 0. The van der Waals surface area contributed by atoms with Gasteiger partial charge in [-0.15, -0.1) is 12.6 Å². The maximum absolute atomic E-state index is 10.4. The first-order valence-electron chi connectivity index (χ1n) is 3.71. The zero-order chi connectivity index (χ0) is 8.10. The molecule has 11 heavy (non-hydrogen) atoms. The second kappa shape index (κ2) is 4.81. The Bertz CT molecular complexity index is 128. The molecule has 2 heteroatoms. The van der Waals surface area contributed by atoms with Gasteiger partial charge in [0.15, 0.2) is 5.12 Å². The Kier molecular flexibility index (Phi) is 3.98. The van der Waals surface area contributed by atoms with E-state index in [9.17, 15) is 4.79 Å². The molecule has 0 aromatic rings. The minimum atomic E-state index is -0.0171. The smallest absolute Gasteiger partial charge is 0.185 e. The van der Waals surface area contributed by atoms with Crippen LogP contribution in [0.5, 0.6) is 0 Å².